The Balaban J connectivity index is 1.52. The third-order valence-electron chi connectivity index (χ3n) is 6.19. The van der Waals surface area contributed by atoms with E-state index in [4.69, 9.17) is 4.74 Å². The van der Waals surface area contributed by atoms with Crippen molar-refractivity contribution in [2.45, 2.75) is 83.3 Å². The largest absolute Gasteiger partial charge is 0.369 e. The number of rotatable bonds is 3. The summed E-state index contributed by atoms with van der Waals surface area (Å²) in [6, 6.07) is 0. The summed E-state index contributed by atoms with van der Waals surface area (Å²) in [5.41, 5.74) is 0.187. The van der Waals surface area contributed by atoms with Crippen LogP contribution in [0.4, 0.5) is 0 Å². The maximum Gasteiger partial charge on any atom is 0.0810 e. The van der Waals surface area contributed by atoms with Crippen LogP contribution in [-0.4, -0.2) is 24.8 Å². The normalized spacial score (nSPS) is 39.8. The SMILES string of the molecule is CC(C)C1CCC2(CC1)CNCC(CC1CCCC1)O2. The van der Waals surface area contributed by atoms with Gasteiger partial charge in [-0.25, -0.2) is 0 Å². The molecule has 3 rings (SSSR count). The second kappa shape index (κ2) is 6.36. The topological polar surface area (TPSA) is 21.3 Å². The predicted octanol–water partition coefficient (Wildman–Crippen LogP) is 4.14. The molecule has 3 aliphatic rings. The molecule has 1 heterocycles. The number of hydrogen-bond acceptors (Lipinski definition) is 2. The molecule has 2 saturated carbocycles. The Kier molecular flexibility index (Phi) is 4.72. The summed E-state index contributed by atoms with van der Waals surface area (Å²) in [7, 11) is 0. The maximum absolute atomic E-state index is 6.64. The van der Waals surface area contributed by atoms with Gasteiger partial charge in [0.1, 0.15) is 0 Å². The van der Waals surface area contributed by atoms with Crippen LogP contribution in [0.2, 0.25) is 0 Å². The van der Waals surface area contributed by atoms with Crippen LogP contribution in [0.5, 0.6) is 0 Å². The summed E-state index contributed by atoms with van der Waals surface area (Å²) in [4.78, 5) is 0. The molecule has 1 N–H and O–H groups in total. The van der Waals surface area contributed by atoms with Gasteiger partial charge in [0.15, 0.2) is 0 Å². The zero-order chi connectivity index (χ0) is 14.0. The average Bonchev–Trinajstić information content (AvgIpc) is 2.92. The van der Waals surface area contributed by atoms with Gasteiger partial charge in [0.25, 0.3) is 0 Å². The highest BCUT2D eigenvalue weighted by molar-refractivity contribution is 4.94. The molecule has 1 unspecified atom stereocenters. The standard InChI is InChI=1S/C18H33NO/c1-14(2)16-7-9-18(10-8-16)13-19-12-17(20-18)11-15-5-3-4-6-15/h14-17,19H,3-13H2,1-2H3. The molecule has 1 spiro atoms. The zero-order valence-electron chi connectivity index (χ0n) is 13.5. The lowest BCUT2D eigenvalue weighted by Crippen LogP contribution is -2.55. The highest BCUT2D eigenvalue weighted by Gasteiger charge is 2.41. The Morgan fingerprint density at radius 2 is 1.80 bits per heavy atom. The predicted molar refractivity (Wildman–Crippen MR) is 83.8 cm³/mol. The first-order valence-electron chi connectivity index (χ1n) is 9.05. The Morgan fingerprint density at radius 1 is 1.10 bits per heavy atom. The molecule has 0 aromatic rings. The molecular weight excluding hydrogens is 246 g/mol. The van der Waals surface area contributed by atoms with Crippen molar-refractivity contribution in [3.8, 4) is 0 Å². The number of nitrogens with one attached hydrogen (secondary N) is 1. The van der Waals surface area contributed by atoms with Crippen molar-refractivity contribution in [1.82, 2.24) is 5.32 Å². The van der Waals surface area contributed by atoms with Gasteiger partial charge in [0.2, 0.25) is 0 Å². The first-order valence-corrected chi connectivity index (χ1v) is 9.05. The van der Waals surface area contributed by atoms with Crippen molar-refractivity contribution in [3.63, 3.8) is 0 Å². The first kappa shape index (κ1) is 14.8. The van der Waals surface area contributed by atoms with E-state index in [-0.39, 0.29) is 5.60 Å². The van der Waals surface area contributed by atoms with E-state index in [1.54, 1.807) is 0 Å². The molecular formula is C18H33NO. The highest BCUT2D eigenvalue weighted by atomic mass is 16.5. The van der Waals surface area contributed by atoms with Crippen molar-refractivity contribution in [1.29, 1.82) is 0 Å². The minimum absolute atomic E-state index is 0.187. The van der Waals surface area contributed by atoms with Crippen LogP contribution in [0.1, 0.15) is 71.6 Å². The fourth-order valence-electron chi connectivity index (χ4n) is 4.77. The van der Waals surface area contributed by atoms with Crippen LogP contribution in [0.15, 0.2) is 0 Å². The Hall–Kier alpha value is -0.0800. The molecule has 20 heavy (non-hydrogen) atoms. The molecule has 2 nitrogen and oxygen atoms in total. The Bertz CT molecular complexity index is 301. The second-order valence-corrected chi connectivity index (χ2v) is 8.02. The first-order chi connectivity index (χ1) is 9.67. The van der Waals surface area contributed by atoms with E-state index in [1.807, 2.05) is 0 Å². The van der Waals surface area contributed by atoms with Crippen molar-refractivity contribution in [2.75, 3.05) is 13.1 Å². The second-order valence-electron chi connectivity index (χ2n) is 8.02. The van der Waals surface area contributed by atoms with Gasteiger partial charge in [0, 0.05) is 13.1 Å². The highest BCUT2D eigenvalue weighted by Crippen LogP contribution is 2.40. The molecule has 2 aliphatic carbocycles. The van der Waals surface area contributed by atoms with E-state index in [0.717, 1.165) is 30.8 Å². The lowest BCUT2D eigenvalue weighted by Gasteiger charge is -2.47. The zero-order valence-corrected chi connectivity index (χ0v) is 13.5. The minimum Gasteiger partial charge on any atom is -0.369 e. The quantitative estimate of drug-likeness (QED) is 0.838. The maximum atomic E-state index is 6.64. The number of morpholine rings is 1. The Morgan fingerprint density at radius 3 is 2.45 bits per heavy atom. The average molecular weight is 279 g/mol. The third-order valence-corrected chi connectivity index (χ3v) is 6.19. The Labute approximate surface area is 125 Å². The summed E-state index contributed by atoms with van der Waals surface area (Å²) in [5.74, 6) is 2.72. The van der Waals surface area contributed by atoms with Gasteiger partial charge in [-0.3, -0.25) is 0 Å². The fraction of sp³-hybridized carbons (Fsp3) is 1.00. The summed E-state index contributed by atoms with van der Waals surface area (Å²) in [5, 5.41) is 3.69. The van der Waals surface area contributed by atoms with E-state index in [1.165, 1.54) is 57.8 Å². The minimum atomic E-state index is 0.187. The third kappa shape index (κ3) is 3.39. The van der Waals surface area contributed by atoms with Crippen LogP contribution in [-0.2, 0) is 4.74 Å². The van der Waals surface area contributed by atoms with E-state index in [2.05, 4.69) is 19.2 Å². The smallest absolute Gasteiger partial charge is 0.0810 e. The van der Waals surface area contributed by atoms with Crippen LogP contribution in [0, 0.1) is 17.8 Å². The van der Waals surface area contributed by atoms with Crippen molar-refractivity contribution < 1.29 is 4.74 Å². The molecule has 116 valence electrons. The number of hydrogen-bond donors (Lipinski definition) is 1. The summed E-state index contributed by atoms with van der Waals surface area (Å²) < 4.78 is 6.64. The van der Waals surface area contributed by atoms with Crippen LogP contribution >= 0.6 is 0 Å². The summed E-state index contributed by atoms with van der Waals surface area (Å²) >= 11 is 0. The summed E-state index contributed by atoms with van der Waals surface area (Å²) in [6.07, 6.45) is 12.9. The van der Waals surface area contributed by atoms with Gasteiger partial charge in [-0.1, -0.05) is 39.5 Å². The molecule has 1 saturated heterocycles. The fourth-order valence-corrected chi connectivity index (χ4v) is 4.77. The molecule has 1 atom stereocenters. The van der Waals surface area contributed by atoms with E-state index in [9.17, 15) is 0 Å². The molecule has 1 aliphatic heterocycles. The van der Waals surface area contributed by atoms with Crippen LogP contribution in [0.3, 0.4) is 0 Å². The molecule has 0 bridgehead atoms. The lowest BCUT2D eigenvalue weighted by molar-refractivity contribution is -0.145. The van der Waals surface area contributed by atoms with Gasteiger partial charge in [-0.15, -0.1) is 0 Å². The van der Waals surface area contributed by atoms with Crippen molar-refractivity contribution in [2.24, 2.45) is 17.8 Å². The van der Waals surface area contributed by atoms with Crippen molar-refractivity contribution in [3.05, 3.63) is 0 Å². The van der Waals surface area contributed by atoms with Gasteiger partial charge in [-0.2, -0.15) is 0 Å². The van der Waals surface area contributed by atoms with E-state index < -0.39 is 0 Å². The van der Waals surface area contributed by atoms with Gasteiger partial charge in [0.05, 0.1) is 11.7 Å². The van der Waals surface area contributed by atoms with Crippen LogP contribution in [0.25, 0.3) is 0 Å². The van der Waals surface area contributed by atoms with Gasteiger partial charge >= 0.3 is 0 Å². The number of ether oxygens (including phenoxy) is 1. The molecule has 0 radical (unpaired) electrons. The van der Waals surface area contributed by atoms with Crippen LogP contribution < -0.4 is 5.32 Å². The van der Waals surface area contributed by atoms with Gasteiger partial charge < -0.3 is 10.1 Å². The lowest BCUT2D eigenvalue weighted by atomic mass is 9.74. The molecule has 0 aromatic heterocycles. The molecule has 3 fully saturated rings. The molecule has 0 aromatic carbocycles. The summed E-state index contributed by atoms with van der Waals surface area (Å²) in [6.45, 7) is 6.95. The molecule has 2 heteroatoms. The van der Waals surface area contributed by atoms with E-state index >= 15 is 0 Å². The monoisotopic (exact) mass is 279 g/mol. The molecule has 0 amide bonds. The van der Waals surface area contributed by atoms with Crippen molar-refractivity contribution >= 4 is 0 Å². The van der Waals surface area contributed by atoms with Gasteiger partial charge in [-0.05, 0) is 49.9 Å². The van der Waals surface area contributed by atoms with E-state index in [0.29, 0.717) is 6.10 Å².